The van der Waals surface area contributed by atoms with Crippen LogP contribution in [0.15, 0.2) is 24.3 Å². The summed E-state index contributed by atoms with van der Waals surface area (Å²) in [5, 5.41) is 11.9. The molecule has 0 rings (SSSR count). The summed E-state index contributed by atoms with van der Waals surface area (Å²) in [5.74, 6) is -2.24. The van der Waals surface area contributed by atoms with Crippen LogP contribution >= 0.6 is 0 Å². The van der Waals surface area contributed by atoms with Crippen molar-refractivity contribution in [1.29, 1.82) is 0 Å². The first-order chi connectivity index (χ1) is 47.1. The molecule has 0 amide bonds. The topological polar surface area (TPSA) is 111 Å². The van der Waals surface area contributed by atoms with Gasteiger partial charge in [0.25, 0.3) is 0 Å². The van der Waals surface area contributed by atoms with E-state index in [-0.39, 0.29) is 32.2 Å². The number of carboxylic acid groups (broad SMARTS) is 1. The van der Waals surface area contributed by atoms with Gasteiger partial charge in [0.15, 0.2) is 12.4 Å². The molecule has 0 N–H and O–H groups in total. The van der Waals surface area contributed by atoms with Gasteiger partial charge in [-0.2, -0.15) is 0 Å². The van der Waals surface area contributed by atoms with Crippen molar-refractivity contribution in [2.24, 2.45) is 0 Å². The molecule has 568 valence electrons. The summed E-state index contributed by atoms with van der Waals surface area (Å²) in [7, 11) is 5.96. The minimum absolute atomic E-state index is 0.152. The molecule has 2 atom stereocenters. The van der Waals surface area contributed by atoms with Crippen molar-refractivity contribution in [3.05, 3.63) is 24.3 Å². The largest absolute Gasteiger partial charge is 0.545 e. The second-order valence-electron chi connectivity index (χ2n) is 30.8. The van der Waals surface area contributed by atoms with Crippen molar-refractivity contribution in [2.45, 2.75) is 469 Å². The molecule has 0 radical (unpaired) electrons. The molecular formula is C87H167NO8. The number of allylic oxidation sites excluding steroid dienone is 4. The highest BCUT2D eigenvalue weighted by molar-refractivity contribution is 5.70. The summed E-state index contributed by atoms with van der Waals surface area (Å²) in [6, 6.07) is 0. The Morgan fingerprint density at radius 2 is 0.562 bits per heavy atom. The van der Waals surface area contributed by atoms with Crippen molar-refractivity contribution < 1.29 is 42.9 Å². The number of likely N-dealkylation sites (N-methyl/N-ethyl adjacent to an activating group) is 1. The lowest BCUT2D eigenvalue weighted by atomic mass is 10.0. The fraction of sp³-hybridized carbons (Fsp3) is 0.920. The highest BCUT2D eigenvalue weighted by atomic mass is 16.7. The molecule has 0 fully saturated rings. The van der Waals surface area contributed by atoms with E-state index < -0.39 is 24.3 Å². The third kappa shape index (κ3) is 79.1. The van der Waals surface area contributed by atoms with Gasteiger partial charge in [-0.15, -0.1) is 0 Å². The number of carboxylic acids is 1. The van der Waals surface area contributed by atoms with E-state index in [1.165, 1.54) is 385 Å². The van der Waals surface area contributed by atoms with E-state index in [2.05, 4.69) is 38.2 Å². The number of esters is 2. The Bertz CT molecular complexity index is 1630. The number of nitrogens with zero attached hydrogens (tertiary/aromatic N) is 1. The molecule has 0 spiro atoms. The normalized spacial score (nSPS) is 12.6. The quantitative estimate of drug-likeness (QED) is 0.0195. The van der Waals surface area contributed by atoms with Crippen LogP contribution in [0.1, 0.15) is 457 Å². The number of aliphatic carboxylic acids is 1. The minimum atomic E-state index is -1.62. The van der Waals surface area contributed by atoms with Crippen LogP contribution in [0.4, 0.5) is 0 Å². The van der Waals surface area contributed by atoms with Gasteiger partial charge in [-0.05, 0) is 44.9 Å². The maximum Gasteiger partial charge on any atom is 0.306 e. The third-order valence-corrected chi connectivity index (χ3v) is 20.0. The van der Waals surface area contributed by atoms with Gasteiger partial charge >= 0.3 is 11.9 Å². The van der Waals surface area contributed by atoms with Crippen LogP contribution in [0, 0.1) is 0 Å². The zero-order chi connectivity index (χ0) is 69.7. The summed E-state index contributed by atoms with van der Waals surface area (Å²) < 4.78 is 22.9. The number of ether oxygens (including phenoxy) is 4. The molecule has 9 heteroatoms. The number of unbranched alkanes of at least 4 members (excludes halogenated alkanes) is 63. The zero-order valence-corrected chi connectivity index (χ0v) is 65.3. The Balaban J connectivity index is 3.91. The third-order valence-electron chi connectivity index (χ3n) is 20.0. The standard InChI is InChI=1S/C87H167NO8/c1-6-8-10-12-14-16-18-20-22-24-26-28-30-32-34-36-38-40-42-43-44-46-48-50-52-54-56-58-60-62-64-66-68-70-72-74-76-78-85(90)96-83(82-95-87(86(91)92)93-80-79-88(3,4)5)81-94-84(89)77-75-73-71-69-67-65-63-61-59-57-55-53-51-49-47-45-41-39-37-35-33-31-29-27-25-23-21-19-17-15-13-11-9-7-2/h18,20,24,26,83,87H,6-17,19,21-23,25,27-82H2,1-5H3/b20-18-,26-24-. The van der Waals surface area contributed by atoms with Crippen LogP contribution in [-0.2, 0) is 33.3 Å². The van der Waals surface area contributed by atoms with Crippen molar-refractivity contribution in [3.63, 3.8) is 0 Å². The Kier molecular flexibility index (Phi) is 76.7. The maximum atomic E-state index is 13.0. The number of carbonyl (C=O) groups is 3. The van der Waals surface area contributed by atoms with Gasteiger partial charge in [0.1, 0.15) is 13.2 Å². The van der Waals surface area contributed by atoms with E-state index in [1.54, 1.807) is 0 Å². The average Bonchev–Trinajstić information content (AvgIpc) is 2.74. The van der Waals surface area contributed by atoms with E-state index in [0.717, 1.165) is 44.9 Å². The number of quaternary nitrogens is 1. The molecule has 0 aromatic carbocycles. The highest BCUT2D eigenvalue weighted by Gasteiger charge is 2.22. The van der Waals surface area contributed by atoms with Gasteiger partial charge in [-0.25, -0.2) is 0 Å². The van der Waals surface area contributed by atoms with Gasteiger partial charge in [0.2, 0.25) is 0 Å². The van der Waals surface area contributed by atoms with Crippen molar-refractivity contribution in [2.75, 3.05) is 47.5 Å². The molecule has 0 saturated heterocycles. The van der Waals surface area contributed by atoms with Crippen LogP contribution in [-0.4, -0.2) is 82.3 Å². The molecule has 0 heterocycles. The first-order valence-corrected chi connectivity index (χ1v) is 43.0. The summed E-state index contributed by atoms with van der Waals surface area (Å²) in [4.78, 5) is 37.6. The van der Waals surface area contributed by atoms with Crippen LogP contribution in [0.2, 0.25) is 0 Å². The molecule has 0 saturated carbocycles. The fourth-order valence-electron chi connectivity index (χ4n) is 13.4. The van der Waals surface area contributed by atoms with Gasteiger partial charge < -0.3 is 33.3 Å². The van der Waals surface area contributed by atoms with Crippen LogP contribution in [0.25, 0.3) is 0 Å². The van der Waals surface area contributed by atoms with Gasteiger partial charge in [-0.3, -0.25) is 9.59 Å². The molecule has 0 aromatic rings. The van der Waals surface area contributed by atoms with Crippen LogP contribution < -0.4 is 5.11 Å². The van der Waals surface area contributed by atoms with E-state index in [9.17, 15) is 19.5 Å². The molecular weight excluding hydrogens is 1190 g/mol. The second-order valence-corrected chi connectivity index (χ2v) is 30.8. The molecule has 96 heavy (non-hydrogen) atoms. The van der Waals surface area contributed by atoms with Crippen molar-refractivity contribution >= 4 is 17.9 Å². The van der Waals surface area contributed by atoms with Gasteiger partial charge in [-0.1, -0.05) is 423 Å². The number of carbonyl (C=O) groups excluding carboxylic acids is 3. The molecule has 0 aliphatic heterocycles. The molecule has 2 unspecified atom stereocenters. The predicted octanol–water partition coefficient (Wildman–Crippen LogP) is 26.3. The van der Waals surface area contributed by atoms with Crippen LogP contribution in [0.3, 0.4) is 0 Å². The molecule has 0 aliphatic rings. The average molecular weight is 1360 g/mol. The summed E-state index contributed by atoms with van der Waals surface area (Å²) in [6.45, 7) is 4.84. The molecule has 0 aromatic heterocycles. The predicted molar refractivity (Wildman–Crippen MR) is 413 cm³/mol. The SMILES string of the molecule is CCCCCCC/C=C\C/C=C\CCCCCCCCCCCCCCCCCCCCCCCCCCCC(=O)OC(COC(=O)CCCCCCCCCCCCCCCCCCCCCCCCCCCCCCCCCCCC)COC(OCC[N+](C)(C)C)C(=O)[O-]. The van der Waals surface area contributed by atoms with Gasteiger partial charge in [0, 0.05) is 12.8 Å². The lowest BCUT2D eigenvalue weighted by Gasteiger charge is -2.26. The summed E-state index contributed by atoms with van der Waals surface area (Å²) in [6.07, 6.45) is 97.7. The van der Waals surface area contributed by atoms with E-state index in [1.807, 2.05) is 21.1 Å². The van der Waals surface area contributed by atoms with E-state index in [0.29, 0.717) is 17.4 Å². The Morgan fingerprint density at radius 3 is 0.823 bits per heavy atom. The highest BCUT2D eigenvalue weighted by Crippen LogP contribution is 2.21. The first kappa shape index (κ1) is 93.8. The lowest BCUT2D eigenvalue weighted by molar-refractivity contribution is -0.870. The maximum absolute atomic E-state index is 13.0. The number of hydrogen-bond donors (Lipinski definition) is 0. The minimum Gasteiger partial charge on any atom is -0.545 e. The first-order valence-electron chi connectivity index (χ1n) is 43.0. The number of hydrogen-bond acceptors (Lipinski definition) is 8. The Hall–Kier alpha value is -2.23. The van der Waals surface area contributed by atoms with Crippen molar-refractivity contribution in [3.8, 4) is 0 Å². The van der Waals surface area contributed by atoms with Crippen molar-refractivity contribution in [1.82, 2.24) is 0 Å². The summed E-state index contributed by atoms with van der Waals surface area (Å²) in [5.41, 5.74) is 0. The smallest absolute Gasteiger partial charge is 0.306 e. The van der Waals surface area contributed by atoms with E-state index in [4.69, 9.17) is 18.9 Å². The molecule has 0 aliphatic carbocycles. The van der Waals surface area contributed by atoms with Gasteiger partial charge in [0.05, 0.1) is 40.3 Å². The van der Waals surface area contributed by atoms with Crippen LogP contribution in [0.5, 0.6) is 0 Å². The molecule has 0 bridgehead atoms. The summed E-state index contributed by atoms with van der Waals surface area (Å²) >= 11 is 0. The van der Waals surface area contributed by atoms with E-state index >= 15 is 0 Å². The second kappa shape index (κ2) is 78.5. The Morgan fingerprint density at radius 1 is 0.312 bits per heavy atom. The monoisotopic (exact) mass is 1350 g/mol. The number of rotatable bonds is 82. The fourth-order valence-corrected chi connectivity index (χ4v) is 13.4. The zero-order valence-electron chi connectivity index (χ0n) is 65.3. The Labute approximate surface area is 598 Å². The lowest BCUT2D eigenvalue weighted by Crippen LogP contribution is -2.44. The molecule has 9 nitrogen and oxygen atoms in total.